The van der Waals surface area contributed by atoms with Crippen molar-refractivity contribution in [2.24, 2.45) is 0 Å². The third-order valence-electron chi connectivity index (χ3n) is 3.11. The van der Waals surface area contributed by atoms with Crippen LogP contribution in [0.3, 0.4) is 0 Å². The van der Waals surface area contributed by atoms with Gasteiger partial charge in [-0.2, -0.15) is 0 Å². The highest BCUT2D eigenvalue weighted by Gasteiger charge is 2.30. The summed E-state index contributed by atoms with van der Waals surface area (Å²) < 4.78 is 5.54. The highest BCUT2D eigenvalue weighted by molar-refractivity contribution is 5.08. The molecule has 2 rings (SSSR count). The molecule has 88 valence electrons. The lowest BCUT2D eigenvalue weighted by Crippen LogP contribution is -2.46. The van der Waals surface area contributed by atoms with Crippen LogP contribution in [0.1, 0.15) is 38.4 Å². The van der Waals surface area contributed by atoms with Gasteiger partial charge in [0.05, 0.1) is 11.8 Å². The van der Waals surface area contributed by atoms with Crippen LogP contribution in [0.5, 0.6) is 0 Å². The Morgan fingerprint density at radius 3 is 2.94 bits per heavy atom. The average Bonchev–Trinajstić information content (AvgIpc) is 2.27. The SMILES string of the molecule is CCOC1CC(N[C@H](C)c2ccccn2)C1. The number of nitrogens with zero attached hydrogens (tertiary/aromatic N) is 1. The molecule has 0 bridgehead atoms. The zero-order valence-electron chi connectivity index (χ0n) is 10.0. The van der Waals surface area contributed by atoms with Crippen LogP contribution in [0.2, 0.25) is 0 Å². The summed E-state index contributed by atoms with van der Waals surface area (Å²) >= 11 is 0. The highest BCUT2D eigenvalue weighted by Crippen LogP contribution is 2.25. The van der Waals surface area contributed by atoms with Crippen molar-refractivity contribution < 1.29 is 4.74 Å². The average molecular weight is 220 g/mol. The van der Waals surface area contributed by atoms with Crippen LogP contribution in [-0.4, -0.2) is 23.7 Å². The Morgan fingerprint density at radius 2 is 2.31 bits per heavy atom. The van der Waals surface area contributed by atoms with Crippen molar-refractivity contribution in [3.8, 4) is 0 Å². The number of rotatable bonds is 5. The fourth-order valence-corrected chi connectivity index (χ4v) is 2.14. The predicted octanol–water partition coefficient (Wildman–Crippen LogP) is 2.30. The number of nitrogens with one attached hydrogen (secondary N) is 1. The molecule has 3 heteroatoms. The van der Waals surface area contributed by atoms with Crippen molar-refractivity contribution >= 4 is 0 Å². The minimum atomic E-state index is 0.328. The molecular weight excluding hydrogens is 200 g/mol. The molecule has 0 spiro atoms. The molecule has 1 aromatic rings. The summed E-state index contributed by atoms with van der Waals surface area (Å²) in [5, 5.41) is 3.58. The molecule has 0 saturated heterocycles. The zero-order chi connectivity index (χ0) is 11.4. The van der Waals surface area contributed by atoms with Crippen molar-refractivity contribution in [3.05, 3.63) is 30.1 Å². The van der Waals surface area contributed by atoms with Gasteiger partial charge in [0.2, 0.25) is 0 Å². The summed E-state index contributed by atoms with van der Waals surface area (Å²) in [6, 6.07) is 6.97. The molecule has 1 N–H and O–H groups in total. The van der Waals surface area contributed by atoms with Gasteiger partial charge in [-0.25, -0.2) is 0 Å². The largest absolute Gasteiger partial charge is 0.378 e. The lowest BCUT2D eigenvalue weighted by molar-refractivity contribution is -0.0121. The topological polar surface area (TPSA) is 34.1 Å². The lowest BCUT2D eigenvalue weighted by Gasteiger charge is -2.37. The van der Waals surface area contributed by atoms with Crippen LogP contribution in [-0.2, 0) is 4.74 Å². The van der Waals surface area contributed by atoms with Crippen molar-refractivity contribution in [1.29, 1.82) is 0 Å². The van der Waals surface area contributed by atoms with Crippen LogP contribution in [0.15, 0.2) is 24.4 Å². The van der Waals surface area contributed by atoms with Gasteiger partial charge in [-0.3, -0.25) is 4.98 Å². The second-order valence-corrected chi connectivity index (χ2v) is 4.39. The van der Waals surface area contributed by atoms with Gasteiger partial charge in [0.15, 0.2) is 0 Å². The van der Waals surface area contributed by atoms with E-state index in [4.69, 9.17) is 4.74 Å². The normalized spacial score (nSPS) is 26.1. The van der Waals surface area contributed by atoms with Crippen molar-refractivity contribution in [1.82, 2.24) is 10.3 Å². The molecule has 0 unspecified atom stereocenters. The maximum atomic E-state index is 5.54. The zero-order valence-corrected chi connectivity index (χ0v) is 10.0. The standard InChI is InChI=1S/C13H20N2O/c1-3-16-12-8-11(9-12)15-10(2)13-6-4-5-7-14-13/h4-7,10-12,15H,3,8-9H2,1-2H3/t10-,11?,12?/m1/s1. The van der Waals surface area contributed by atoms with Crippen LogP contribution in [0.4, 0.5) is 0 Å². The summed E-state index contributed by atoms with van der Waals surface area (Å²) in [5.41, 5.74) is 1.11. The molecule has 0 aromatic carbocycles. The number of ether oxygens (including phenoxy) is 1. The molecule has 0 amide bonds. The fourth-order valence-electron chi connectivity index (χ4n) is 2.14. The molecular formula is C13H20N2O. The van der Waals surface area contributed by atoms with E-state index in [0.29, 0.717) is 18.2 Å². The van der Waals surface area contributed by atoms with Gasteiger partial charge in [0, 0.05) is 24.9 Å². The Kier molecular flexibility index (Phi) is 3.91. The molecule has 1 aromatic heterocycles. The first-order valence-electron chi connectivity index (χ1n) is 6.08. The first-order valence-corrected chi connectivity index (χ1v) is 6.08. The van der Waals surface area contributed by atoms with E-state index in [1.807, 2.05) is 18.3 Å². The molecule has 1 aliphatic rings. The molecule has 1 atom stereocenters. The van der Waals surface area contributed by atoms with Gasteiger partial charge in [-0.15, -0.1) is 0 Å². The summed E-state index contributed by atoms with van der Waals surface area (Å²) in [6.45, 7) is 5.04. The Hall–Kier alpha value is -0.930. The van der Waals surface area contributed by atoms with Gasteiger partial charge in [-0.1, -0.05) is 6.07 Å². The Bertz CT molecular complexity index is 309. The quantitative estimate of drug-likeness (QED) is 0.826. The van der Waals surface area contributed by atoms with Gasteiger partial charge in [-0.05, 0) is 38.8 Å². The smallest absolute Gasteiger partial charge is 0.0604 e. The fraction of sp³-hybridized carbons (Fsp3) is 0.615. The molecule has 1 saturated carbocycles. The minimum absolute atomic E-state index is 0.328. The monoisotopic (exact) mass is 220 g/mol. The van der Waals surface area contributed by atoms with E-state index in [-0.39, 0.29) is 0 Å². The van der Waals surface area contributed by atoms with Gasteiger partial charge in [0.25, 0.3) is 0 Å². The minimum Gasteiger partial charge on any atom is -0.378 e. The first-order chi connectivity index (χ1) is 7.79. The number of hydrogen-bond acceptors (Lipinski definition) is 3. The Labute approximate surface area is 97.2 Å². The number of pyridine rings is 1. The number of hydrogen-bond donors (Lipinski definition) is 1. The van der Waals surface area contributed by atoms with E-state index < -0.39 is 0 Å². The molecule has 16 heavy (non-hydrogen) atoms. The van der Waals surface area contributed by atoms with Crippen molar-refractivity contribution in [2.45, 2.75) is 44.9 Å². The lowest BCUT2D eigenvalue weighted by atomic mass is 9.88. The maximum Gasteiger partial charge on any atom is 0.0604 e. The van der Waals surface area contributed by atoms with E-state index in [1.165, 1.54) is 0 Å². The van der Waals surface area contributed by atoms with Gasteiger partial charge < -0.3 is 10.1 Å². The third-order valence-corrected chi connectivity index (χ3v) is 3.11. The van der Waals surface area contributed by atoms with E-state index in [1.54, 1.807) is 0 Å². The maximum absolute atomic E-state index is 5.54. The Balaban J connectivity index is 1.75. The first kappa shape index (κ1) is 11.6. The predicted molar refractivity (Wildman–Crippen MR) is 64.2 cm³/mol. The van der Waals surface area contributed by atoms with Crippen LogP contribution in [0, 0.1) is 0 Å². The third kappa shape index (κ3) is 2.80. The molecule has 1 aliphatic carbocycles. The second kappa shape index (κ2) is 5.41. The van der Waals surface area contributed by atoms with Gasteiger partial charge in [0.1, 0.15) is 0 Å². The molecule has 1 fully saturated rings. The van der Waals surface area contributed by atoms with Crippen LogP contribution in [0.25, 0.3) is 0 Å². The molecule has 3 nitrogen and oxygen atoms in total. The summed E-state index contributed by atoms with van der Waals surface area (Å²) in [5.74, 6) is 0. The second-order valence-electron chi connectivity index (χ2n) is 4.39. The van der Waals surface area contributed by atoms with E-state index in [0.717, 1.165) is 25.1 Å². The molecule has 0 radical (unpaired) electrons. The van der Waals surface area contributed by atoms with Crippen molar-refractivity contribution in [2.75, 3.05) is 6.61 Å². The Morgan fingerprint density at radius 1 is 1.50 bits per heavy atom. The number of aromatic nitrogens is 1. The summed E-state index contributed by atoms with van der Waals surface area (Å²) in [4.78, 5) is 4.35. The van der Waals surface area contributed by atoms with Gasteiger partial charge >= 0.3 is 0 Å². The van der Waals surface area contributed by atoms with Crippen LogP contribution >= 0.6 is 0 Å². The summed E-state index contributed by atoms with van der Waals surface area (Å²) in [6.07, 6.45) is 4.58. The summed E-state index contributed by atoms with van der Waals surface area (Å²) in [7, 11) is 0. The van der Waals surface area contributed by atoms with Crippen molar-refractivity contribution in [3.63, 3.8) is 0 Å². The molecule has 0 aliphatic heterocycles. The van der Waals surface area contributed by atoms with Crippen LogP contribution < -0.4 is 5.32 Å². The van der Waals surface area contributed by atoms with E-state index >= 15 is 0 Å². The molecule has 1 heterocycles. The van der Waals surface area contributed by atoms with E-state index in [9.17, 15) is 0 Å². The van der Waals surface area contributed by atoms with E-state index in [2.05, 4.69) is 30.2 Å². The highest BCUT2D eigenvalue weighted by atomic mass is 16.5.